The van der Waals surface area contributed by atoms with Crippen molar-refractivity contribution in [3.05, 3.63) is 53.7 Å². The molecule has 0 saturated carbocycles. The highest BCUT2D eigenvalue weighted by Gasteiger charge is 2.35. The Bertz CT molecular complexity index is 1350. The van der Waals surface area contributed by atoms with Gasteiger partial charge in [0.25, 0.3) is 0 Å². The van der Waals surface area contributed by atoms with Crippen LogP contribution in [0, 0.1) is 11.3 Å². The third kappa shape index (κ3) is 6.34. The lowest BCUT2D eigenvalue weighted by atomic mass is 9.90. The van der Waals surface area contributed by atoms with Crippen molar-refractivity contribution in [3.8, 4) is 6.07 Å². The zero-order valence-corrected chi connectivity index (χ0v) is 25.4. The number of hydrogen-bond donors (Lipinski definition) is 1. The summed E-state index contributed by atoms with van der Waals surface area (Å²) in [4.78, 5) is 32.0. The van der Waals surface area contributed by atoms with Crippen LogP contribution < -0.4 is 15.1 Å². The summed E-state index contributed by atoms with van der Waals surface area (Å²) in [7, 11) is 1.76. The van der Waals surface area contributed by atoms with Crippen molar-refractivity contribution in [1.82, 2.24) is 19.8 Å². The van der Waals surface area contributed by atoms with Crippen molar-refractivity contribution in [3.63, 3.8) is 0 Å². The van der Waals surface area contributed by atoms with Crippen LogP contribution >= 0.6 is 0 Å². The molecule has 2 atom stereocenters. The SMILES string of the molecule is C=CC(=O)N1CCN(c2nc(NC3CCN(CCOC)CC3)nc3c2CCC(N2CCc4ccccc42)C3)C[C@@H]1CC#N. The molecule has 10 heteroatoms. The number of rotatable bonds is 9. The smallest absolute Gasteiger partial charge is 0.246 e. The Hall–Kier alpha value is -3.68. The number of hydrogen-bond acceptors (Lipinski definition) is 9. The largest absolute Gasteiger partial charge is 0.383 e. The standard InChI is InChI=1S/C33H44N8O2/c1-3-31(42)41-19-18-39(23-27(41)10-14-34)32-28-9-8-26(40-17-11-24-6-4-5-7-30(24)40)22-29(28)36-33(37-32)35-25-12-15-38(16-13-25)20-21-43-2/h3-7,25-27H,1,8-13,15-23H2,2H3,(H,35,36,37)/t26?,27-/m0/s1. The number of ether oxygens (including phenoxy) is 1. The second-order valence-electron chi connectivity index (χ2n) is 12.2. The molecule has 6 rings (SSSR count). The molecule has 4 heterocycles. The number of nitriles is 1. The molecule has 1 aromatic carbocycles. The normalized spacial score (nSPS) is 22.6. The predicted molar refractivity (Wildman–Crippen MR) is 168 cm³/mol. The molecule has 2 fully saturated rings. The lowest BCUT2D eigenvalue weighted by Gasteiger charge is -2.42. The van der Waals surface area contributed by atoms with Crippen LogP contribution in [0.2, 0.25) is 0 Å². The van der Waals surface area contributed by atoms with Gasteiger partial charge in [0.05, 0.1) is 30.8 Å². The van der Waals surface area contributed by atoms with Gasteiger partial charge in [-0.2, -0.15) is 10.2 Å². The number of carbonyl (C=O) groups is 1. The summed E-state index contributed by atoms with van der Waals surface area (Å²) >= 11 is 0. The number of carbonyl (C=O) groups excluding carboxylic acids is 1. The van der Waals surface area contributed by atoms with Crippen molar-refractivity contribution >= 4 is 23.4 Å². The van der Waals surface area contributed by atoms with Crippen LogP contribution in [0.5, 0.6) is 0 Å². The molecule has 43 heavy (non-hydrogen) atoms. The molecule has 0 radical (unpaired) electrons. The zero-order valence-electron chi connectivity index (χ0n) is 25.4. The minimum Gasteiger partial charge on any atom is -0.383 e. The molecule has 1 unspecified atom stereocenters. The lowest BCUT2D eigenvalue weighted by Crippen LogP contribution is -2.55. The molecular formula is C33H44N8O2. The Labute approximate surface area is 255 Å². The van der Waals surface area contributed by atoms with Crippen LogP contribution in [0.3, 0.4) is 0 Å². The van der Waals surface area contributed by atoms with E-state index in [9.17, 15) is 10.1 Å². The summed E-state index contributed by atoms with van der Waals surface area (Å²) in [6.07, 6.45) is 7.68. The molecule has 2 aromatic rings. The highest BCUT2D eigenvalue weighted by molar-refractivity contribution is 5.87. The van der Waals surface area contributed by atoms with Gasteiger partial charge in [0.1, 0.15) is 5.82 Å². The van der Waals surface area contributed by atoms with Crippen molar-refractivity contribution in [2.75, 3.05) is 74.6 Å². The molecule has 0 spiro atoms. The first-order valence-corrected chi connectivity index (χ1v) is 15.8. The monoisotopic (exact) mass is 584 g/mol. The molecule has 3 aliphatic heterocycles. The quantitative estimate of drug-likeness (QED) is 0.446. The fourth-order valence-corrected chi connectivity index (χ4v) is 7.35. The van der Waals surface area contributed by atoms with Gasteiger partial charge in [0, 0.05) is 82.7 Å². The highest BCUT2D eigenvalue weighted by atomic mass is 16.5. The summed E-state index contributed by atoms with van der Waals surface area (Å²) in [5.41, 5.74) is 5.16. The number of aromatic nitrogens is 2. The van der Waals surface area contributed by atoms with E-state index in [1.165, 1.54) is 22.9 Å². The topological polar surface area (TPSA) is 101 Å². The molecule has 0 bridgehead atoms. The van der Waals surface area contributed by atoms with Crippen LogP contribution in [0.15, 0.2) is 36.9 Å². The summed E-state index contributed by atoms with van der Waals surface area (Å²) < 4.78 is 5.27. The number of fused-ring (bicyclic) bond motifs is 2. The van der Waals surface area contributed by atoms with Crippen LogP contribution in [0.25, 0.3) is 0 Å². The van der Waals surface area contributed by atoms with Crippen molar-refractivity contribution in [2.45, 2.75) is 63.1 Å². The van der Waals surface area contributed by atoms with E-state index in [2.05, 4.69) is 56.9 Å². The van der Waals surface area contributed by atoms with Gasteiger partial charge in [-0.15, -0.1) is 0 Å². The number of methoxy groups -OCH3 is 1. The summed E-state index contributed by atoms with van der Waals surface area (Å²) in [6, 6.07) is 11.6. The number of amides is 1. The molecule has 10 nitrogen and oxygen atoms in total. The van der Waals surface area contributed by atoms with E-state index in [0.717, 1.165) is 82.8 Å². The van der Waals surface area contributed by atoms with E-state index >= 15 is 0 Å². The van der Waals surface area contributed by atoms with E-state index in [1.54, 1.807) is 12.0 Å². The van der Waals surface area contributed by atoms with Crippen LogP contribution in [0.4, 0.5) is 17.5 Å². The summed E-state index contributed by atoms with van der Waals surface area (Å²) in [5.74, 6) is 1.56. The first-order valence-electron chi connectivity index (χ1n) is 15.8. The Morgan fingerprint density at radius 3 is 2.77 bits per heavy atom. The Balaban J connectivity index is 1.26. The minimum atomic E-state index is -0.194. The maximum absolute atomic E-state index is 12.6. The molecule has 1 aromatic heterocycles. The number of likely N-dealkylation sites (tertiary alicyclic amines) is 1. The number of para-hydroxylation sites is 1. The molecule has 1 amide bonds. The van der Waals surface area contributed by atoms with Gasteiger partial charge in [-0.05, 0) is 49.8 Å². The molecule has 1 N–H and O–H groups in total. The van der Waals surface area contributed by atoms with Gasteiger partial charge in [-0.25, -0.2) is 4.98 Å². The molecule has 1 aliphatic carbocycles. The number of nitrogens with zero attached hydrogens (tertiary/aromatic N) is 7. The average Bonchev–Trinajstić information content (AvgIpc) is 3.48. The van der Waals surface area contributed by atoms with Gasteiger partial charge in [0.15, 0.2) is 0 Å². The van der Waals surface area contributed by atoms with Gasteiger partial charge >= 0.3 is 0 Å². The van der Waals surface area contributed by atoms with Gasteiger partial charge in [-0.3, -0.25) is 4.79 Å². The first kappa shape index (κ1) is 29.4. The fourth-order valence-electron chi connectivity index (χ4n) is 7.35. The maximum Gasteiger partial charge on any atom is 0.246 e. The van der Waals surface area contributed by atoms with E-state index < -0.39 is 0 Å². The van der Waals surface area contributed by atoms with E-state index in [0.29, 0.717) is 37.7 Å². The molecule has 4 aliphatic rings. The summed E-state index contributed by atoms with van der Waals surface area (Å²) in [5, 5.41) is 13.3. The number of benzene rings is 1. The van der Waals surface area contributed by atoms with E-state index in [4.69, 9.17) is 14.7 Å². The number of nitrogens with one attached hydrogen (secondary N) is 1. The fraction of sp³-hybridized carbons (Fsp3) is 0.576. The van der Waals surface area contributed by atoms with Gasteiger partial charge < -0.3 is 29.7 Å². The van der Waals surface area contributed by atoms with Gasteiger partial charge in [-0.1, -0.05) is 24.8 Å². The third-order valence-electron chi connectivity index (χ3n) is 9.69. The second kappa shape index (κ2) is 13.3. The number of piperidine rings is 1. The van der Waals surface area contributed by atoms with Gasteiger partial charge in [0.2, 0.25) is 11.9 Å². The molecule has 2 saturated heterocycles. The van der Waals surface area contributed by atoms with E-state index in [1.807, 2.05) is 0 Å². The Morgan fingerprint density at radius 1 is 1.14 bits per heavy atom. The highest BCUT2D eigenvalue weighted by Crippen LogP contribution is 2.37. The Morgan fingerprint density at radius 2 is 1.98 bits per heavy atom. The average molecular weight is 585 g/mol. The Kier molecular flexibility index (Phi) is 9.10. The molecule has 228 valence electrons. The van der Waals surface area contributed by atoms with Crippen molar-refractivity contribution < 1.29 is 9.53 Å². The minimum absolute atomic E-state index is 0.113. The van der Waals surface area contributed by atoms with Crippen molar-refractivity contribution in [2.24, 2.45) is 0 Å². The second-order valence-corrected chi connectivity index (χ2v) is 12.2. The van der Waals surface area contributed by atoms with Crippen LogP contribution in [-0.2, 0) is 28.8 Å². The van der Waals surface area contributed by atoms with Crippen LogP contribution in [0.1, 0.15) is 42.5 Å². The number of anilines is 3. The zero-order chi connectivity index (χ0) is 29.8. The maximum atomic E-state index is 12.6. The number of piperazine rings is 1. The van der Waals surface area contributed by atoms with E-state index in [-0.39, 0.29) is 18.4 Å². The first-order chi connectivity index (χ1) is 21.1. The summed E-state index contributed by atoms with van der Waals surface area (Å²) in [6.45, 7) is 10.3. The lowest BCUT2D eigenvalue weighted by molar-refractivity contribution is -0.128. The van der Waals surface area contributed by atoms with Crippen molar-refractivity contribution in [1.29, 1.82) is 5.26 Å². The molecular weight excluding hydrogens is 540 g/mol. The third-order valence-corrected chi connectivity index (χ3v) is 9.69. The van der Waals surface area contributed by atoms with Crippen LogP contribution in [-0.4, -0.2) is 103 Å². The predicted octanol–water partition coefficient (Wildman–Crippen LogP) is 3.04.